The summed E-state index contributed by atoms with van der Waals surface area (Å²) >= 11 is 11.8. The molecule has 7 heteroatoms. The minimum absolute atomic E-state index is 0.204. The molecule has 0 saturated carbocycles. The van der Waals surface area contributed by atoms with Gasteiger partial charge in [-0.15, -0.1) is 0 Å². The first-order valence-electron chi connectivity index (χ1n) is 6.81. The third kappa shape index (κ3) is 3.31. The number of anilines is 1. The number of hydrogen-bond donors (Lipinski definition) is 0. The summed E-state index contributed by atoms with van der Waals surface area (Å²) in [6, 6.07) is 6.85. The number of ether oxygens (including phenoxy) is 1. The van der Waals surface area contributed by atoms with Crippen molar-refractivity contribution >= 4 is 35.0 Å². The van der Waals surface area contributed by atoms with Crippen LogP contribution in [-0.4, -0.2) is 35.1 Å². The maximum atomic E-state index is 12.1. The Morgan fingerprint density at radius 3 is 2.86 bits per heavy atom. The van der Waals surface area contributed by atoms with Gasteiger partial charge >= 0.3 is 5.97 Å². The Labute approximate surface area is 137 Å². The molecule has 1 fully saturated rings. The monoisotopic (exact) mass is 337 g/mol. The summed E-state index contributed by atoms with van der Waals surface area (Å²) in [4.78, 5) is 22.4. The molecule has 1 aliphatic heterocycles. The quantitative estimate of drug-likeness (QED) is 0.805. The molecule has 114 valence electrons. The standard InChI is InChI=1S/C15H13Cl2N3O2/c16-12-4-2-1-3-11(12)15(21)22-10-5-6-20(9-10)14-8-18-7-13(17)19-14/h1-4,7-8,10H,5-6,9H2/t10-/m1/s1. The molecule has 2 heterocycles. The van der Waals surface area contributed by atoms with Crippen molar-refractivity contribution in [3.63, 3.8) is 0 Å². The van der Waals surface area contributed by atoms with E-state index >= 15 is 0 Å². The zero-order valence-corrected chi connectivity index (χ0v) is 13.1. The lowest BCUT2D eigenvalue weighted by molar-refractivity contribution is 0.0348. The first-order valence-corrected chi connectivity index (χ1v) is 7.57. The van der Waals surface area contributed by atoms with E-state index < -0.39 is 5.97 Å². The van der Waals surface area contributed by atoms with Crippen LogP contribution in [0.25, 0.3) is 0 Å². The molecule has 0 bridgehead atoms. The molecular weight excluding hydrogens is 325 g/mol. The Balaban J connectivity index is 1.64. The molecule has 1 atom stereocenters. The summed E-state index contributed by atoms with van der Waals surface area (Å²) in [5, 5.41) is 0.733. The van der Waals surface area contributed by atoms with Crippen LogP contribution in [0.5, 0.6) is 0 Å². The molecule has 0 radical (unpaired) electrons. The summed E-state index contributed by atoms with van der Waals surface area (Å²) < 4.78 is 5.51. The summed E-state index contributed by atoms with van der Waals surface area (Å²) in [6.45, 7) is 1.29. The Morgan fingerprint density at radius 2 is 2.09 bits per heavy atom. The maximum absolute atomic E-state index is 12.1. The van der Waals surface area contributed by atoms with Gasteiger partial charge in [-0.2, -0.15) is 0 Å². The average molecular weight is 338 g/mol. The highest BCUT2D eigenvalue weighted by Gasteiger charge is 2.27. The summed E-state index contributed by atoms with van der Waals surface area (Å²) in [5.41, 5.74) is 0.380. The van der Waals surface area contributed by atoms with Gasteiger partial charge in [0.2, 0.25) is 0 Å². The van der Waals surface area contributed by atoms with Gasteiger partial charge in [-0.05, 0) is 12.1 Å². The Bertz CT molecular complexity index is 696. The molecule has 0 spiro atoms. The topological polar surface area (TPSA) is 55.3 Å². The second kappa shape index (κ2) is 6.50. The molecule has 0 unspecified atom stereocenters. The number of carbonyl (C=O) groups is 1. The van der Waals surface area contributed by atoms with Gasteiger partial charge in [-0.1, -0.05) is 35.3 Å². The third-order valence-corrected chi connectivity index (χ3v) is 3.94. The highest BCUT2D eigenvalue weighted by Crippen LogP contribution is 2.23. The Kier molecular flexibility index (Phi) is 4.45. The number of hydrogen-bond acceptors (Lipinski definition) is 5. The van der Waals surface area contributed by atoms with Crippen LogP contribution in [-0.2, 0) is 4.74 Å². The summed E-state index contributed by atoms with van der Waals surface area (Å²) in [7, 11) is 0. The fraction of sp³-hybridized carbons (Fsp3) is 0.267. The van der Waals surface area contributed by atoms with Gasteiger partial charge in [0.15, 0.2) is 0 Å². The fourth-order valence-electron chi connectivity index (χ4n) is 2.36. The number of nitrogens with zero attached hydrogens (tertiary/aromatic N) is 3. The van der Waals surface area contributed by atoms with Crippen molar-refractivity contribution in [3.05, 3.63) is 52.4 Å². The largest absolute Gasteiger partial charge is 0.457 e. The van der Waals surface area contributed by atoms with E-state index in [9.17, 15) is 4.79 Å². The van der Waals surface area contributed by atoms with Crippen LogP contribution in [0.15, 0.2) is 36.7 Å². The number of rotatable bonds is 3. The van der Waals surface area contributed by atoms with Crippen LogP contribution in [0.4, 0.5) is 5.82 Å². The summed E-state index contributed by atoms with van der Waals surface area (Å²) in [6.07, 6.45) is 3.65. The molecule has 2 aromatic rings. The van der Waals surface area contributed by atoms with Gasteiger partial charge in [0.05, 0.1) is 29.5 Å². The maximum Gasteiger partial charge on any atom is 0.339 e. The average Bonchev–Trinajstić information content (AvgIpc) is 2.96. The van der Waals surface area contributed by atoms with E-state index in [-0.39, 0.29) is 6.10 Å². The van der Waals surface area contributed by atoms with Gasteiger partial charge in [-0.3, -0.25) is 4.98 Å². The van der Waals surface area contributed by atoms with Crippen molar-refractivity contribution in [2.75, 3.05) is 18.0 Å². The molecule has 22 heavy (non-hydrogen) atoms. The highest BCUT2D eigenvalue weighted by molar-refractivity contribution is 6.33. The molecular formula is C15H13Cl2N3O2. The number of benzene rings is 1. The lowest BCUT2D eigenvalue weighted by Crippen LogP contribution is -2.25. The number of carbonyl (C=O) groups excluding carboxylic acids is 1. The van der Waals surface area contributed by atoms with Crippen LogP contribution in [0.2, 0.25) is 10.2 Å². The van der Waals surface area contributed by atoms with Crippen molar-refractivity contribution in [1.29, 1.82) is 0 Å². The molecule has 3 rings (SSSR count). The highest BCUT2D eigenvalue weighted by atomic mass is 35.5. The first kappa shape index (κ1) is 15.1. The van der Waals surface area contributed by atoms with E-state index in [1.54, 1.807) is 30.5 Å². The predicted octanol–water partition coefficient (Wildman–Crippen LogP) is 3.22. The number of halogens is 2. The lowest BCUT2D eigenvalue weighted by atomic mass is 10.2. The van der Waals surface area contributed by atoms with Crippen LogP contribution in [0.1, 0.15) is 16.8 Å². The summed E-state index contributed by atoms with van der Waals surface area (Å²) in [5.74, 6) is 0.276. The van der Waals surface area contributed by atoms with Crippen molar-refractivity contribution in [2.45, 2.75) is 12.5 Å². The van der Waals surface area contributed by atoms with Gasteiger partial charge in [0, 0.05) is 13.0 Å². The van der Waals surface area contributed by atoms with E-state index in [4.69, 9.17) is 27.9 Å². The van der Waals surface area contributed by atoms with E-state index in [2.05, 4.69) is 9.97 Å². The van der Waals surface area contributed by atoms with Crippen molar-refractivity contribution < 1.29 is 9.53 Å². The van der Waals surface area contributed by atoms with E-state index in [0.29, 0.717) is 28.1 Å². The van der Waals surface area contributed by atoms with E-state index in [1.165, 1.54) is 6.20 Å². The van der Waals surface area contributed by atoms with Crippen LogP contribution < -0.4 is 4.90 Å². The zero-order valence-electron chi connectivity index (χ0n) is 11.6. The SMILES string of the molecule is O=C(O[C@@H]1CCN(c2cncc(Cl)n2)C1)c1ccccc1Cl. The molecule has 1 aromatic heterocycles. The van der Waals surface area contributed by atoms with Crippen molar-refractivity contribution in [3.8, 4) is 0 Å². The van der Waals surface area contributed by atoms with Gasteiger partial charge in [-0.25, -0.2) is 9.78 Å². The van der Waals surface area contributed by atoms with Crippen LogP contribution >= 0.6 is 23.2 Å². The minimum Gasteiger partial charge on any atom is -0.457 e. The van der Waals surface area contributed by atoms with Gasteiger partial charge < -0.3 is 9.64 Å². The first-order chi connectivity index (χ1) is 10.6. The van der Waals surface area contributed by atoms with Crippen molar-refractivity contribution in [2.24, 2.45) is 0 Å². The molecule has 5 nitrogen and oxygen atoms in total. The Hall–Kier alpha value is -1.85. The van der Waals surface area contributed by atoms with E-state index in [0.717, 1.165) is 13.0 Å². The second-order valence-electron chi connectivity index (χ2n) is 4.94. The van der Waals surface area contributed by atoms with Crippen LogP contribution in [0, 0.1) is 0 Å². The minimum atomic E-state index is -0.408. The Morgan fingerprint density at radius 1 is 1.27 bits per heavy atom. The molecule has 0 aliphatic carbocycles. The predicted molar refractivity (Wildman–Crippen MR) is 84.5 cm³/mol. The second-order valence-corrected chi connectivity index (χ2v) is 5.74. The zero-order chi connectivity index (χ0) is 15.5. The third-order valence-electron chi connectivity index (χ3n) is 3.43. The molecule has 1 saturated heterocycles. The van der Waals surface area contributed by atoms with Gasteiger partial charge in [0.1, 0.15) is 17.1 Å². The number of aromatic nitrogens is 2. The normalized spacial score (nSPS) is 17.5. The fourth-order valence-corrected chi connectivity index (χ4v) is 2.71. The van der Waals surface area contributed by atoms with E-state index in [1.807, 2.05) is 4.90 Å². The lowest BCUT2D eigenvalue weighted by Gasteiger charge is -2.17. The van der Waals surface area contributed by atoms with Gasteiger partial charge in [0.25, 0.3) is 0 Å². The van der Waals surface area contributed by atoms with Crippen molar-refractivity contribution in [1.82, 2.24) is 9.97 Å². The number of esters is 1. The molecule has 0 N–H and O–H groups in total. The molecule has 1 aromatic carbocycles. The molecule has 1 aliphatic rings. The molecule has 0 amide bonds. The van der Waals surface area contributed by atoms with Crippen LogP contribution in [0.3, 0.4) is 0 Å². The smallest absolute Gasteiger partial charge is 0.339 e.